The van der Waals surface area contributed by atoms with Gasteiger partial charge in [-0.15, -0.1) is 0 Å². The maximum Gasteiger partial charge on any atom is 0.214 e. The number of methoxy groups -OCH3 is 1. The summed E-state index contributed by atoms with van der Waals surface area (Å²) in [4.78, 5) is 14.4. The summed E-state index contributed by atoms with van der Waals surface area (Å²) < 4.78 is 25.2. The largest absolute Gasteiger partial charge is 0.493 e. The number of hydrogen-bond donors (Lipinski definition) is 1. The minimum atomic E-state index is -0.488. The minimum absolute atomic E-state index is 0.218. The molecule has 0 saturated carbocycles. The standard InChI is InChI=1S/C24H20BrFN2O4/c1-31-23-11-16(10-21(25)24(23)32-14-15-6-8-17(26)9-7-15)20(13-28(29)30)19-12-27-22-5-3-2-4-18(19)22/h2-12,20,27H,13-14H2,1H3/t20-/m1/s1. The van der Waals surface area contributed by atoms with E-state index < -0.39 is 5.92 Å². The lowest BCUT2D eigenvalue weighted by Crippen LogP contribution is -2.14. The SMILES string of the molecule is COc1cc([C@@H](C[N+](=O)[O-])c2c[nH]c3ccccc23)cc(Br)c1OCc1ccc(F)cc1. The van der Waals surface area contributed by atoms with Gasteiger partial charge in [0.05, 0.1) is 17.5 Å². The van der Waals surface area contributed by atoms with E-state index in [2.05, 4.69) is 20.9 Å². The number of H-pyrrole nitrogens is 1. The van der Waals surface area contributed by atoms with Crippen molar-refractivity contribution in [2.45, 2.75) is 12.5 Å². The second-order valence-corrected chi connectivity index (χ2v) is 8.16. The van der Waals surface area contributed by atoms with Gasteiger partial charge in [0.1, 0.15) is 12.4 Å². The third kappa shape index (κ3) is 4.60. The number of aromatic nitrogens is 1. The molecule has 0 amide bonds. The quantitative estimate of drug-likeness (QED) is 0.236. The zero-order valence-corrected chi connectivity index (χ0v) is 18.8. The molecule has 4 rings (SSSR count). The van der Waals surface area contributed by atoms with Crippen molar-refractivity contribution in [1.29, 1.82) is 0 Å². The fraction of sp³-hybridized carbons (Fsp3) is 0.167. The van der Waals surface area contributed by atoms with E-state index in [4.69, 9.17) is 9.47 Å². The highest BCUT2D eigenvalue weighted by Crippen LogP contribution is 2.41. The van der Waals surface area contributed by atoms with Crippen LogP contribution in [0.25, 0.3) is 10.9 Å². The topological polar surface area (TPSA) is 77.4 Å². The lowest BCUT2D eigenvalue weighted by molar-refractivity contribution is -0.481. The fourth-order valence-electron chi connectivity index (χ4n) is 3.73. The van der Waals surface area contributed by atoms with Gasteiger partial charge in [-0.1, -0.05) is 30.3 Å². The zero-order valence-electron chi connectivity index (χ0n) is 17.2. The van der Waals surface area contributed by atoms with E-state index >= 15 is 0 Å². The molecule has 1 atom stereocenters. The van der Waals surface area contributed by atoms with Crippen LogP contribution >= 0.6 is 15.9 Å². The Kier molecular flexibility index (Phi) is 6.41. The number of rotatable bonds is 8. The van der Waals surface area contributed by atoms with Crippen molar-refractivity contribution >= 4 is 26.8 Å². The van der Waals surface area contributed by atoms with Crippen LogP contribution in [-0.2, 0) is 6.61 Å². The van der Waals surface area contributed by atoms with Gasteiger partial charge in [-0.05, 0) is 63.0 Å². The lowest BCUT2D eigenvalue weighted by atomic mass is 9.90. The Morgan fingerprint density at radius 2 is 1.91 bits per heavy atom. The summed E-state index contributed by atoms with van der Waals surface area (Å²) in [6.45, 7) is -0.0530. The summed E-state index contributed by atoms with van der Waals surface area (Å²) in [5.74, 6) is 0.118. The number of benzene rings is 3. The van der Waals surface area contributed by atoms with Gasteiger partial charge in [-0.25, -0.2) is 4.39 Å². The van der Waals surface area contributed by atoms with Crippen LogP contribution in [-0.4, -0.2) is 23.6 Å². The first kappa shape index (κ1) is 21.8. The Morgan fingerprint density at radius 1 is 1.16 bits per heavy atom. The van der Waals surface area contributed by atoms with Gasteiger partial charge >= 0.3 is 0 Å². The van der Waals surface area contributed by atoms with Crippen LogP contribution in [0.2, 0.25) is 0 Å². The zero-order chi connectivity index (χ0) is 22.7. The molecule has 0 spiro atoms. The van der Waals surface area contributed by atoms with Crippen LogP contribution in [0.3, 0.4) is 0 Å². The molecule has 164 valence electrons. The molecule has 0 aliphatic carbocycles. The molecule has 8 heteroatoms. The van der Waals surface area contributed by atoms with E-state index in [9.17, 15) is 14.5 Å². The highest BCUT2D eigenvalue weighted by Gasteiger charge is 2.26. The Bertz CT molecular complexity index is 1260. The lowest BCUT2D eigenvalue weighted by Gasteiger charge is -2.18. The van der Waals surface area contributed by atoms with Crippen LogP contribution in [0.4, 0.5) is 4.39 Å². The van der Waals surface area contributed by atoms with E-state index in [1.54, 1.807) is 18.2 Å². The number of fused-ring (bicyclic) bond motifs is 1. The molecular weight excluding hydrogens is 479 g/mol. The number of halogens is 2. The second-order valence-electron chi connectivity index (χ2n) is 7.31. The average molecular weight is 499 g/mol. The monoisotopic (exact) mass is 498 g/mol. The molecule has 1 N–H and O–H groups in total. The number of para-hydroxylation sites is 1. The highest BCUT2D eigenvalue weighted by molar-refractivity contribution is 9.10. The molecule has 6 nitrogen and oxygen atoms in total. The molecule has 0 unspecified atom stereocenters. The molecule has 0 radical (unpaired) electrons. The summed E-state index contributed by atoms with van der Waals surface area (Å²) in [5.41, 5.74) is 3.28. The Morgan fingerprint density at radius 3 is 2.62 bits per heavy atom. The molecule has 3 aromatic carbocycles. The van der Waals surface area contributed by atoms with Crippen LogP contribution < -0.4 is 9.47 Å². The molecule has 0 aliphatic heterocycles. The third-order valence-electron chi connectivity index (χ3n) is 5.28. The summed E-state index contributed by atoms with van der Waals surface area (Å²) in [6, 6.07) is 17.3. The van der Waals surface area contributed by atoms with Gasteiger partial charge in [0, 0.05) is 22.0 Å². The number of nitrogens with zero attached hydrogens (tertiary/aromatic N) is 1. The summed E-state index contributed by atoms with van der Waals surface area (Å²) in [7, 11) is 1.52. The first-order valence-corrected chi connectivity index (χ1v) is 10.7. The number of ether oxygens (including phenoxy) is 2. The van der Waals surface area contributed by atoms with Crippen LogP contribution in [0, 0.1) is 15.9 Å². The molecule has 1 heterocycles. The predicted molar refractivity (Wildman–Crippen MR) is 123 cm³/mol. The molecule has 32 heavy (non-hydrogen) atoms. The number of nitrogens with one attached hydrogen (secondary N) is 1. The number of hydrogen-bond acceptors (Lipinski definition) is 4. The number of aromatic amines is 1. The van der Waals surface area contributed by atoms with Crippen molar-refractivity contribution in [3.8, 4) is 11.5 Å². The Hall–Kier alpha value is -3.39. The summed E-state index contributed by atoms with van der Waals surface area (Å²) in [5, 5.41) is 12.4. The van der Waals surface area contributed by atoms with E-state index in [1.165, 1.54) is 19.2 Å². The van der Waals surface area contributed by atoms with Gasteiger partial charge in [0.25, 0.3) is 0 Å². The van der Waals surface area contributed by atoms with Gasteiger partial charge in [-0.2, -0.15) is 0 Å². The van der Waals surface area contributed by atoms with Crippen LogP contribution in [0.15, 0.2) is 71.3 Å². The van der Waals surface area contributed by atoms with E-state index in [1.807, 2.05) is 36.5 Å². The first-order chi connectivity index (χ1) is 15.5. The Labute approximate surface area is 192 Å². The van der Waals surface area contributed by atoms with Gasteiger partial charge in [0.15, 0.2) is 11.5 Å². The second kappa shape index (κ2) is 9.40. The molecule has 0 fully saturated rings. The summed E-state index contributed by atoms with van der Waals surface area (Å²) in [6.07, 6.45) is 1.82. The van der Waals surface area contributed by atoms with Crippen molar-refractivity contribution < 1.29 is 18.8 Å². The van der Waals surface area contributed by atoms with Gasteiger partial charge in [-0.3, -0.25) is 10.1 Å². The van der Waals surface area contributed by atoms with Gasteiger partial charge in [0.2, 0.25) is 6.54 Å². The minimum Gasteiger partial charge on any atom is -0.493 e. The van der Waals surface area contributed by atoms with Crippen molar-refractivity contribution in [2.75, 3.05) is 13.7 Å². The molecule has 0 bridgehead atoms. The van der Waals surface area contributed by atoms with Crippen LogP contribution in [0.1, 0.15) is 22.6 Å². The van der Waals surface area contributed by atoms with Crippen molar-refractivity contribution in [2.24, 2.45) is 0 Å². The predicted octanol–water partition coefficient (Wildman–Crippen LogP) is 6.07. The first-order valence-electron chi connectivity index (χ1n) is 9.88. The Balaban J connectivity index is 1.70. The van der Waals surface area contributed by atoms with Crippen molar-refractivity contribution in [3.63, 3.8) is 0 Å². The fourth-order valence-corrected chi connectivity index (χ4v) is 4.31. The van der Waals surface area contributed by atoms with Gasteiger partial charge < -0.3 is 14.5 Å². The molecule has 0 aliphatic rings. The van der Waals surface area contributed by atoms with Crippen LogP contribution in [0.5, 0.6) is 11.5 Å². The highest BCUT2D eigenvalue weighted by atomic mass is 79.9. The number of nitro groups is 1. The van der Waals surface area contributed by atoms with Crippen molar-refractivity contribution in [1.82, 2.24) is 4.98 Å². The smallest absolute Gasteiger partial charge is 0.214 e. The van der Waals surface area contributed by atoms with E-state index in [0.717, 1.165) is 27.6 Å². The average Bonchev–Trinajstić information content (AvgIpc) is 3.21. The van der Waals surface area contributed by atoms with Crippen molar-refractivity contribution in [3.05, 3.63) is 104 Å². The summed E-state index contributed by atoms with van der Waals surface area (Å²) >= 11 is 3.53. The molecule has 4 aromatic rings. The van der Waals surface area contributed by atoms with E-state index in [-0.39, 0.29) is 23.9 Å². The maximum absolute atomic E-state index is 13.1. The molecule has 1 aromatic heterocycles. The molecule has 0 saturated heterocycles. The molecular formula is C24H20BrFN2O4. The maximum atomic E-state index is 13.1. The third-order valence-corrected chi connectivity index (χ3v) is 5.87. The normalized spacial score (nSPS) is 12.0. The van der Waals surface area contributed by atoms with E-state index in [0.29, 0.717) is 16.0 Å².